The van der Waals surface area contributed by atoms with Crippen molar-refractivity contribution in [1.29, 1.82) is 0 Å². The Balaban J connectivity index is 1.99. The number of non-ortho nitro benzene ring substituents is 1. The number of hydrogen-bond acceptors (Lipinski definition) is 8. The minimum Gasteiger partial charge on any atom is -0.394 e. The molecule has 1 aliphatic heterocycles. The second-order valence-electron chi connectivity index (χ2n) is 5.03. The van der Waals surface area contributed by atoms with Crippen LogP contribution in [0.4, 0.5) is 11.4 Å². The van der Waals surface area contributed by atoms with E-state index in [1.807, 2.05) is 0 Å². The van der Waals surface area contributed by atoms with E-state index in [9.17, 15) is 15.2 Å². The highest BCUT2D eigenvalue weighted by Crippen LogP contribution is 2.32. The third-order valence-corrected chi connectivity index (χ3v) is 3.74. The number of fused-ring (bicyclic) bond motifs is 1. The molecule has 3 rings (SSSR count). The lowest BCUT2D eigenvalue weighted by Crippen LogP contribution is -2.46. The van der Waals surface area contributed by atoms with Crippen LogP contribution in [-0.4, -0.2) is 45.7 Å². The molecule has 9 nitrogen and oxygen atoms in total. The van der Waals surface area contributed by atoms with Crippen molar-refractivity contribution >= 4 is 22.4 Å². The predicted molar refractivity (Wildman–Crippen MR) is 72.0 cm³/mol. The van der Waals surface area contributed by atoms with Crippen molar-refractivity contribution in [3.63, 3.8) is 0 Å². The predicted octanol–water partition coefficient (Wildman–Crippen LogP) is 1.08. The fourth-order valence-corrected chi connectivity index (χ4v) is 2.47. The van der Waals surface area contributed by atoms with Gasteiger partial charge in [-0.2, -0.15) is 0 Å². The first-order valence-corrected chi connectivity index (χ1v) is 6.52. The Morgan fingerprint density at radius 1 is 1.33 bits per heavy atom. The Morgan fingerprint density at radius 2 is 2.05 bits per heavy atom. The van der Waals surface area contributed by atoms with E-state index in [1.54, 1.807) is 6.07 Å². The van der Waals surface area contributed by atoms with E-state index >= 15 is 0 Å². The minimum atomic E-state index is -0.535. The lowest BCUT2D eigenvalue weighted by molar-refractivity contribution is -0.383. The van der Waals surface area contributed by atoms with Gasteiger partial charge in [-0.15, -0.1) is 0 Å². The number of aromatic nitrogens is 2. The van der Waals surface area contributed by atoms with Crippen molar-refractivity contribution in [1.82, 2.24) is 10.3 Å². The van der Waals surface area contributed by atoms with Gasteiger partial charge in [0.05, 0.1) is 22.8 Å². The Labute approximate surface area is 119 Å². The van der Waals surface area contributed by atoms with Crippen LogP contribution < -0.4 is 5.32 Å². The van der Waals surface area contributed by atoms with E-state index in [0.29, 0.717) is 31.7 Å². The Kier molecular flexibility index (Phi) is 3.43. The summed E-state index contributed by atoms with van der Waals surface area (Å²) in [4.78, 5) is 10.4. The van der Waals surface area contributed by atoms with Crippen LogP contribution in [-0.2, 0) is 4.74 Å². The fraction of sp³-hybridized carbons (Fsp3) is 0.500. The van der Waals surface area contributed by atoms with Crippen LogP contribution in [0.1, 0.15) is 12.8 Å². The van der Waals surface area contributed by atoms with Gasteiger partial charge in [-0.1, -0.05) is 0 Å². The molecule has 2 aromatic rings. The maximum atomic E-state index is 11.0. The molecule has 0 spiro atoms. The number of nitro benzene ring substituents is 1. The SMILES string of the molecule is O=[N+]([O-])c1ccc(NC2(CO)CCOCC2)c2nonc12. The molecule has 21 heavy (non-hydrogen) atoms. The summed E-state index contributed by atoms with van der Waals surface area (Å²) in [5.41, 5.74) is 0.226. The quantitative estimate of drug-likeness (QED) is 0.634. The third kappa shape index (κ3) is 2.41. The lowest BCUT2D eigenvalue weighted by atomic mass is 9.90. The van der Waals surface area contributed by atoms with Crippen LogP contribution in [0.3, 0.4) is 0 Å². The second-order valence-corrected chi connectivity index (χ2v) is 5.03. The summed E-state index contributed by atoms with van der Waals surface area (Å²) in [6, 6.07) is 2.90. The van der Waals surface area contributed by atoms with Gasteiger partial charge in [0, 0.05) is 19.3 Å². The summed E-state index contributed by atoms with van der Waals surface area (Å²) in [6.07, 6.45) is 1.26. The smallest absolute Gasteiger partial charge is 0.300 e. The molecule has 0 radical (unpaired) electrons. The first-order valence-electron chi connectivity index (χ1n) is 6.52. The molecule has 2 heterocycles. The average Bonchev–Trinajstić information content (AvgIpc) is 2.98. The van der Waals surface area contributed by atoms with Gasteiger partial charge in [-0.3, -0.25) is 10.1 Å². The van der Waals surface area contributed by atoms with Crippen molar-refractivity contribution in [3.8, 4) is 0 Å². The highest BCUT2D eigenvalue weighted by Gasteiger charge is 2.33. The second kappa shape index (κ2) is 5.26. The lowest BCUT2D eigenvalue weighted by Gasteiger charge is -2.37. The van der Waals surface area contributed by atoms with E-state index in [1.165, 1.54) is 6.07 Å². The summed E-state index contributed by atoms with van der Waals surface area (Å²) in [5, 5.41) is 31.2. The molecule has 0 unspecified atom stereocenters. The van der Waals surface area contributed by atoms with Gasteiger partial charge in [0.2, 0.25) is 5.52 Å². The van der Waals surface area contributed by atoms with Crippen molar-refractivity contribution in [2.75, 3.05) is 25.1 Å². The number of aliphatic hydroxyl groups excluding tert-OH is 1. The number of nitro groups is 1. The first-order chi connectivity index (χ1) is 10.2. The zero-order chi connectivity index (χ0) is 14.9. The Bertz CT molecular complexity index is 665. The van der Waals surface area contributed by atoms with Crippen molar-refractivity contribution in [2.24, 2.45) is 0 Å². The van der Waals surface area contributed by atoms with E-state index in [-0.39, 0.29) is 23.3 Å². The zero-order valence-electron chi connectivity index (χ0n) is 11.1. The van der Waals surface area contributed by atoms with Gasteiger partial charge in [0.15, 0.2) is 5.52 Å². The molecule has 1 aromatic heterocycles. The molecule has 1 aliphatic rings. The van der Waals surface area contributed by atoms with Gasteiger partial charge >= 0.3 is 5.69 Å². The van der Waals surface area contributed by atoms with Crippen LogP contribution in [0.25, 0.3) is 11.0 Å². The molecule has 2 N–H and O–H groups in total. The van der Waals surface area contributed by atoms with Crippen LogP contribution in [0.15, 0.2) is 16.8 Å². The highest BCUT2D eigenvalue weighted by atomic mass is 16.6. The van der Waals surface area contributed by atoms with Gasteiger partial charge in [0.25, 0.3) is 0 Å². The van der Waals surface area contributed by atoms with Crippen LogP contribution >= 0.6 is 0 Å². The maximum Gasteiger partial charge on any atom is 0.300 e. The molecule has 1 saturated heterocycles. The molecule has 0 atom stereocenters. The minimum absolute atomic E-state index is 0.0693. The van der Waals surface area contributed by atoms with Crippen molar-refractivity contribution in [3.05, 3.63) is 22.2 Å². The van der Waals surface area contributed by atoms with Gasteiger partial charge in [-0.25, -0.2) is 4.63 Å². The monoisotopic (exact) mass is 294 g/mol. The Morgan fingerprint density at radius 3 is 2.71 bits per heavy atom. The van der Waals surface area contributed by atoms with Gasteiger partial charge in [-0.05, 0) is 29.2 Å². The summed E-state index contributed by atoms with van der Waals surface area (Å²) in [6.45, 7) is 1.02. The fourth-order valence-electron chi connectivity index (χ4n) is 2.47. The molecule has 1 aromatic carbocycles. The Hall–Kier alpha value is -2.26. The number of ether oxygens (including phenoxy) is 1. The van der Waals surface area contributed by atoms with E-state index in [2.05, 4.69) is 20.3 Å². The number of benzene rings is 1. The maximum absolute atomic E-state index is 11.0. The summed E-state index contributed by atoms with van der Waals surface area (Å²) < 4.78 is 9.92. The summed E-state index contributed by atoms with van der Waals surface area (Å²) >= 11 is 0. The summed E-state index contributed by atoms with van der Waals surface area (Å²) in [5.74, 6) is 0. The molecule has 0 aliphatic carbocycles. The average molecular weight is 294 g/mol. The number of nitrogens with one attached hydrogen (secondary N) is 1. The molecule has 0 amide bonds. The number of aliphatic hydroxyl groups is 1. The van der Waals surface area contributed by atoms with E-state index in [4.69, 9.17) is 4.74 Å². The number of nitrogens with zero attached hydrogens (tertiary/aromatic N) is 3. The number of rotatable bonds is 4. The highest BCUT2D eigenvalue weighted by molar-refractivity contribution is 5.93. The first kappa shape index (κ1) is 13.7. The van der Waals surface area contributed by atoms with Crippen molar-refractivity contribution < 1.29 is 19.4 Å². The van der Waals surface area contributed by atoms with Gasteiger partial charge in [0.1, 0.15) is 0 Å². The van der Waals surface area contributed by atoms with E-state index < -0.39 is 10.5 Å². The number of hydrogen-bond donors (Lipinski definition) is 2. The number of anilines is 1. The topological polar surface area (TPSA) is 124 Å². The van der Waals surface area contributed by atoms with Crippen molar-refractivity contribution in [2.45, 2.75) is 18.4 Å². The molecular formula is C12H14N4O5. The molecule has 9 heteroatoms. The molecule has 0 saturated carbocycles. The zero-order valence-corrected chi connectivity index (χ0v) is 11.1. The standard InChI is InChI=1S/C12H14N4O5/c17-7-12(3-5-20-6-4-12)13-8-1-2-9(16(18)19)11-10(8)14-21-15-11/h1-2,13,17H,3-7H2. The molecule has 1 fully saturated rings. The largest absolute Gasteiger partial charge is 0.394 e. The molecule has 0 bridgehead atoms. The molecular weight excluding hydrogens is 280 g/mol. The van der Waals surface area contributed by atoms with Crippen LogP contribution in [0.5, 0.6) is 0 Å². The van der Waals surface area contributed by atoms with Crippen LogP contribution in [0.2, 0.25) is 0 Å². The van der Waals surface area contributed by atoms with E-state index in [0.717, 1.165) is 0 Å². The van der Waals surface area contributed by atoms with Crippen LogP contribution in [0, 0.1) is 10.1 Å². The third-order valence-electron chi connectivity index (χ3n) is 3.74. The van der Waals surface area contributed by atoms with Gasteiger partial charge < -0.3 is 15.2 Å². The molecule has 112 valence electrons. The summed E-state index contributed by atoms with van der Waals surface area (Å²) in [7, 11) is 0. The normalized spacial score (nSPS) is 17.8.